The summed E-state index contributed by atoms with van der Waals surface area (Å²) in [6.07, 6.45) is -3.24. The average Bonchev–Trinajstić information content (AvgIpc) is 2.73. The molecule has 29 heavy (non-hydrogen) atoms. The summed E-state index contributed by atoms with van der Waals surface area (Å²) in [4.78, 5) is 12.4. The summed E-state index contributed by atoms with van der Waals surface area (Å²) in [5, 5.41) is 2.80. The van der Waals surface area contributed by atoms with Crippen LogP contribution in [0.25, 0.3) is 0 Å². The molecule has 0 unspecified atom stereocenters. The van der Waals surface area contributed by atoms with Crippen LogP contribution in [0.4, 0.5) is 13.2 Å². The number of alkyl halides is 3. The lowest BCUT2D eigenvalue weighted by Crippen LogP contribution is -2.37. The molecule has 1 saturated carbocycles. The molecule has 2 aromatic carbocycles. The van der Waals surface area contributed by atoms with E-state index in [0.717, 1.165) is 16.7 Å². The Hall–Kier alpha value is -2.34. The number of carbonyl (C=O) groups is 1. The van der Waals surface area contributed by atoms with Gasteiger partial charge in [-0.15, -0.1) is 0 Å². The zero-order chi connectivity index (χ0) is 20.7. The minimum atomic E-state index is -4.22. The largest absolute Gasteiger partial charge is 0.391 e. The van der Waals surface area contributed by atoms with Gasteiger partial charge in [0.2, 0.25) is 5.91 Å². The summed E-state index contributed by atoms with van der Waals surface area (Å²) in [6, 6.07) is 17.6. The maximum Gasteiger partial charge on any atom is 0.391 e. The number of hydrogen-bond donors (Lipinski definition) is 1. The molecule has 0 saturated heterocycles. The number of ether oxygens (including phenoxy) is 1. The first-order chi connectivity index (χ1) is 13.9. The molecular formula is C23H26F3NO2. The Kier molecular flexibility index (Phi) is 7.31. The first-order valence-corrected chi connectivity index (χ1v) is 9.96. The minimum Gasteiger partial charge on any atom is -0.372 e. The number of benzene rings is 2. The van der Waals surface area contributed by atoms with Crippen LogP contribution in [0, 0.1) is 11.8 Å². The number of hydrogen-bond acceptors (Lipinski definition) is 2. The number of halogens is 3. The van der Waals surface area contributed by atoms with E-state index in [1.165, 1.54) is 0 Å². The lowest BCUT2D eigenvalue weighted by atomic mass is 9.80. The van der Waals surface area contributed by atoms with E-state index in [4.69, 9.17) is 4.74 Å². The van der Waals surface area contributed by atoms with Gasteiger partial charge >= 0.3 is 6.18 Å². The molecule has 0 aliphatic heterocycles. The zero-order valence-corrected chi connectivity index (χ0v) is 16.3. The van der Waals surface area contributed by atoms with E-state index in [9.17, 15) is 18.0 Å². The highest BCUT2D eigenvalue weighted by Gasteiger charge is 2.43. The summed E-state index contributed by atoms with van der Waals surface area (Å²) in [6.45, 7) is 1.27. The molecular weight excluding hydrogens is 379 g/mol. The third-order valence-electron chi connectivity index (χ3n) is 5.35. The van der Waals surface area contributed by atoms with E-state index >= 15 is 0 Å². The Morgan fingerprint density at radius 3 is 2.41 bits per heavy atom. The SMILES string of the molecule is O=C(NCc1cccc(COCc2ccccc2)c1)[C@@H]1CCC[C@H](C(F)(F)F)C1. The maximum atomic E-state index is 12.9. The molecule has 1 N–H and O–H groups in total. The highest BCUT2D eigenvalue weighted by molar-refractivity contribution is 5.78. The smallest absolute Gasteiger partial charge is 0.372 e. The monoisotopic (exact) mass is 405 g/mol. The van der Waals surface area contributed by atoms with Gasteiger partial charge in [0.05, 0.1) is 19.1 Å². The van der Waals surface area contributed by atoms with Crippen LogP contribution < -0.4 is 5.32 Å². The van der Waals surface area contributed by atoms with Crippen LogP contribution in [-0.4, -0.2) is 12.1 Å². The van der Waals surface area contributed by atoms with Crippen molar-refractivity contribution in [2.45, 2.75) is 51.6 Å². The fourth-order valence-electron chi connectivity index (χ4n) is 3.75. The molecule has 6 heteroatoms. The molecule has 0 radical (unpaired) electrons. The Morgan fingerprint density at radius 1 is 0.966 bits per heavy atom. The molecule has 2 aromatic rings. The second kappa shape index (κ2) is 9.92. The van der Waals surface area contributed by atoms with E-state index in [0.29, 0.717) is 32.6 Å². The fourth-order valence-corrected chi connectivity index (χ4v) is 3.75. The minimum absolute atomic E-state index is 0.108. The molecule has 1 amide bonds. The molecule has 3 rings (SSSR count). The fraction of sp³-hybridized carbons (Fsp3) is 0.435. The second-order valence-corrected chi connectivity index (χ2v) is 7.62. The van der Waals surface area contributed by atoms with Crippen molar-refractivity contribution in [1.82, 2.24) is 5.32 Å². The van der Waals surface area contributed by atoms with E-state index in [-0.39, 0.29) is 18.7 Å². The normalized spacial score (nSPS) is 19.7. The number of rotatable bonds is 7. The molecule has 1 fully saturated rings. The molecule has 0 aromatic heterocycles. The Labute approximate surface area is 169 Å². The number of amides is 1. The predicted octanol–water partition coefficient (Wildman–Crippen LogP) is 5.39. The van der Waals surface area contributed by atoms with Crippen molar-refractivity contribution < 1.29 is 22.7 Å². The Balaban J connectivity index is 1.46. The molecule has 1 aliphatic rings. The van der Waals surface area contributed by atoms with Gasteiger partial charge < -0.3 is 10.1 Å². The Bertz CT molecular complexity index is 792. The number of carbonyl (C=O) groups excluding carboxylic acids is 1. The van der Waals surface area contributed by atoms with Crippen LogP contribution in [0.1, 0.15) is 42.4 Å². The summed E-state index contributed by atoms with van der Waals surface area (Å²) >= 11 is 0. The van der Waals surface area contributed by atoms with Gasteiger partial charge in [0.1, 0.15) is 0 Å². The van der Waals surface area contributed by atoms with Crippen LogP contribution in [0.2, 0.25) is 0 Å². The third kappa shape index (κ3) is 6.60. The van der Waals surface area contributed by atoms with Crippen molar-refractivity contribution in [1.29, 1.82) is 0 Å². The topological polar surface area (TPSA) is 38.3 Å². The predicted molar refractivity (Wildman–Crippen MR) is 105 cm³/mol. The van der Waals surface area contributed by atoms with Crippen LogP contribution in [0.5, 0.6) is 0 Å². The molecule has 156 valence electrons. The van der Waals surface area contributed by atoms with E-state index in [2.05, 4.69) is 5.32 Å². The van der Waals surface area contributed by atoms with Gasteiger partial charge in [-0.2, -0.15) is 13.2 Å². The maximum absolute atomic E-state index is 12.9. The van der Waals surface area contributed by atoms with Crippen molar-refractivity contribution >= 4 is 5.91 Å². The van der Waals surface area contributed by atoms with Gasteiger partial charge in [0.25, 0.3) is 0 Å². The first kappa shape index (κ1) is 21.4. The number of nitrogens with one attached hydrogen (secondary N) is 1. The van der Waals surface area contributed by atoms with Crippen molar-refractivity contribution in [3.63, 3.8) is 0 Å². The van der Waals surface area contributed by atoms with Gasteiger partial charge in [-0.3, -0.25) is 4.79 Å². The summed E-state index contributed by atoms with van der Waals surface area (Å²) < 4.78 is 44.6. The van der Waals surface area contributed by atoms with E-state index in [1.807, 2.05) is 54.6 Å². The Morgan fingerprint density at radius 2 is 1.66 bits per heavy atom. The highest BCUT2D eigenvalue weighted by atomic mass is 19.4. The third-order valence-corrected chi connectivity index (χ3v) is 5.35. The van der Waals surface area contributed by atoms with Gasteiger partial charge in [-0.1, -0.05) is 61.0 Å². The lowest BCUT2D eigenvalue weighted by Gasteiger charge is -2.29. The van der Waals surface area contributed by atoms with E-state index in [1.54, 1.807) is 0 Å². The quantitative estimate of drug-likeness (QED) is 0.671. The summed E-state index contributed by atoms with van der Waals surface area (Å²) in [5.41, 5.74) is 2.99. The zero-order valence-electron chi connectivity index (χ0n) is 16.3. The summed E-state index contributed by atoms with van der Waals surface area (Å²) in [5.74, 6) is -2.21. The second-order valence-electron chi connectivity index (χ2n) is 7.62. The van der Waals surface area contributed by atoms with Gasteiger partial charge in [0, 0.05) is 12.5 Å². The van der Waals surface area contributed by atoms with E-state index < -0.39 is 18.0 Å². The van der Waals surface area contributed by atoms with Crippen molar-refractivity contribution in [2.75, 3.05) is 0 Å². The highest BCUT2D eigenvalue weighted by Crippen LogP contribution is 2.39. The molecule has 0 spiro atoms. The van der Waals surface area contributed by atoms with Crippen molar-refractivity contribution in [3.05, 3.63) is 71.3 Å². The molecule has 2 atom stereocenters. The van der Waals surface area contributed by atoms with Gasteiger partial charge in [0.15, 0.2) is 0 Å². The van der Waals surface area contributed by atoms with Crippen LogP contribution in [-0.2, 0) is 29.3 Å². The van der Waals surface area contributed by atoms with Crippen molar-refractivity contribution in [2.24, 2.45) is 11.8 Å². The van der Waals surface area contributed by atoms with Crippen molar-refractivity contribution in [3.8, 4) is 0 Å². The van der Waals surface area contributed by atoms with Crippen LogP contribution in [0.15, 0.2) is 54.6 Å². The summed E-state index contributed by atoms with van der Waals surface area (Å²) in [7, 11) is 0. The lowest BCUT2D eigenvalue weighted by molar-refractivity contribution is -0.186. The molecule has 1 aliphatic carbocycles. The van der Waals surface area contributed by atoms with Crippen LogP contribution in [0.3, 0.4) is 0 Å². The van der Waals surface area contributed by atoms with Gasteiger partial charge in [-0.25, -0.2) is 0 Å². The van der Waals surface area contributed by atoms with Crippen LogP contribution >= 0.6 is 0 Å². The molecule has 3 nitrogen and oxygen atoms in total. The molecule has 0 bridgehead atoms. The molecule has 0 heterocycles. The van der Waals surface area contributed by atoms with Gasteiger partial charge in [-0.05, 0) is 36.0 Å². The average molecular weight is 405 g/mol. The standard InChI is InChI=1S/C23H26F3NO2/c24-23(25,26)21-11-5-10-20(13-21)22(28)27-14-18-8-4-9-19(12-18)16-29-15-17-6-2-1-3-7-17/h1-4,6-9,12,20-21H,5,10-11,13-16H2,(H,27,28)/t20-,21+/m1/s1. The first-order valence-electron chi connectivity index (χ1n) is 9.96.